The van der Waals surface area contributed by atoms with Gasteiger partial charge in [0.05, 0.1) is 38.9 Å². The molecule has 0 aliphatic heterocycles. The zero-order chi connectivity index (χ0) is 35.5. The van der Waals surface area contributed by atoms with Crippen molar-refractivity contribution in [3.8, 4) is 5.75 Å². The largest absolute Gasteiger partial charge is 1.00 e. The number of hydrogen-bond donors (Lipinski definition) is 3. The average molecular weight is 811 g/mol. The molecular weight excluding hydrogens is 790 g/mol. The minimum atomic E-state index is -5.09. The van der Waals surface area contributed by atoms with Crippen LogP contribution in [-0.2, 0) is 44.7 Å². The number of aromatic hydroxyl groups is 1. The zero-order valence-corrected chi connectivity index (χ0v) is 36.1. The molecule has 4 aromatic carbocycles. The molecular formula is C26H21N4Na3O14S4. The molecule has 0 bridgehead atoms. The molecule has 0 radical (unpaired) electrons. The van der Waals surface area contributed by atoms with Gasteiger partial charge >= 0.3 is 88.7 Å². The monoisotopic (exact) mass is 810 g/mol. The van der Waals surface area contributed by atoms with Gasteiger partial charge in [0, 0.05) is 11.3 Å². The number of carbonyl (C=O) groups excluding carboxylic acids is 1. The van der Waals surface area contributed by atoms with Crippen LogP contribution in [0.4, 0.5) is 22.7 Å². The third kappa shape index (κ3) is 14.0. The number of carbonyl (C=O) groups is 1. The number of nitrogens with zero attached hydrogens (tertiary/aromatic N) is 2. The molecule has 0 fully saturated rings. The maximum Gasteiger partial charge on any atom is 1.00 e. The molecule has 51 heavy (non-hydrogen) atoms. The Morgan fingerprint density at radius 3 is 2.02 bits per heavy atom. The van der Waals surface area contributed by atoms with Crippen LogP contribution in [-0.4, -0.2) is 76.6 Å². The number of phenols is 1. The van der Waals surface area contributed by atoms with E-state index in [9.17, 15) is 57.2 Å². The van der Waals surface area contributed by atoms with Crippen LogP contribution in [0.25, 0.3) is 10.8 Å². The topological polar surface area (TPSA) is 301 Å². The minimum Gasteiger partial charge on any atom is -0.747 e. The van der Waals surface area contributed by atoms with Crippen LogP contribution in [0.2, 0.25) is 0 Å². The third-order valence-corrected chi connectivity index (χ3v) is 9.64. The molecule has 0 aliphatic carbocycles. The van der Waals surface area contributed by atoms with Crippen molar-refractivity contribution < 1.29 is 150 Å². The van der Waals surface area contributed by atoms with Crippen LogP contribution in [0.15, 0.2) is 92.8 Å². The number of rotatable bonds is 13. The molecule has 1 amide bonds. The molecule has 0 saturated heterocycles. The fraction of sp³-hybridized carbons (Fsp3) is 0.115. The number of fused-ring (bicyclic) bond motifs is 1. The van der Waals surface area contributed by atoms with E-state index in [2.05, 4.69) is 25.0 Å². The van der Waals surface area contributed by atoms with Crippen LogP contribution in [0.1, 0.15) is 10.4 Å². The smallest absolute Gasteiger partial charge is 0.747 e. The van der Waals surface area contributed by atoms with E-state index in [-0.39, 0.29) is 133 Å². The van der Waals surface area contributed by atoms with Crippen LogP contribution < -0.4 is 99.3 Å². The van der Waals surface area contributed by atoms with E-state index in [0.29, 0.717) is 6.07 Å². The van der Waals surface area contributed by atoms with E-state index in [1.54, 1.807) is 0 Å². The van der Waals surface area contributed by atoms with E-state index in [1.807, 2.05) is 0 Å². The predicted molar refractivity (Wildman–Crippen MR) is 164 cm³/mol. The minimum absolute atomic E-state index is 0. The van der Waals surface area contributed by atoms with Gasteiger partial charge in [-0.15, -0.1) is 5.11 Å². The fourth-order valence-corrected chi connectivity index (χ4v) is 6.46. The van der Waals surface area contributed by atoms with Gasteiger partial charge in [-0.1, -0.05) is 12.1 Å². The van der Waals surface area contributed by atoms with Gasteiger partial charge in [0.25, 0.3) is 5.91 Å². The third-order valence-electron chi connectivity index (χ3n) is 6.20. The number of nitrogens with one attached hydrogen (secondary N) is 2. The number of benzene rings is 4. The molecule has 0 atom stereocenters. The molecule has 4 aromatic rings. The van der Waals surface area contributed by atoms with Gasteiger partial charge in [0.1, 0.15) is 37.5 Å². The summed E-state index contributed by atoms with van der Waals surface area (Å²) >= 11 is 0. The Morgan fingerprint density at radius 2 is 1.43 bits per heavy atom. The first-order chi connectivity index (χ1) is 22.2. The summed E-state index contributed by atoms with van der Waals surface area (Å²) in [5.41, 5.74) is -0.0534. The van der Waals surface area contributed by atoms with Crippen LogP contribution in [0.5, 0.6) is 5.75 Å². The van der Waals surface area contributed by atoms with Crippen molar-refractivity contribution >= 4 is 79.9 Å². The summed E-state index contributed by atoms with van der Waals surface area (Å²) < 4.78 is 129. The van der Waals surface area contributed by atoms with Crippen molar-refractivity contribution in [3.05, 3.63) is 78.4 Å². The summed E-state index contributed by atoms with van der Waals surface area (Å²) in [5.74, 6) is -3.29. The SMILES string of the molecule is O=C(Nc1cccc(S(=O)(=O)CCOS(=O)(=O)[O-])c1)c1ccc(N=Nc2c(NCS(=O)(=O)[O-])ccc3cc(S(=O)(=O)[O-])cc(O)c23)cc1.[Na+].[Na+].[Na+]. The normalized spacial score (nSPS) is 12.0. The average Bonchev–Trinajstić information content (AvgIpc) is 2.97. The van der Waals surface area contributed by atoms with Gasteiger partial charge < -0.3 is 29.4 Å². The second-order valence-corrected chi connectivity index (χ2v) is 15.6. The van der Waals surface area contributed by atoms with Crippen molar-refractivity contribution in [2.24, 2.45) is 10.2 Å². The van der Waals surface area contributed by atoms with Gasteiger partial charge in [-0.05, 0) is 66.0 Å². The Kier molecular flexibility index (Phi) is 17.8. The van der Waals surface area contributed by atoms with Crippen molar-refractivity contribution in [3.63, 3.8) is 0 Å². The summed E-state index contributed by atoms with van der Waals surface area (Å²) in [5, 5.41) is 23.3. The molecule has 4 rings (SSSR count). The van der Waals surface area contributed by atoms with E-state index >= 15 is 0 Å². The van der Waals surface area contributed by atoms with Crippen LogP contribution in [0.3, 0.4) is 0 Å². The molecule has 18 nitrogen and oxygen atoms in total. The maximum absolute atomic E-state index is 12.8. The molecule has 0 spiro atoms. The first-order valence-electron chi connectivity index (χ1n) is 12.9. The van der Waals surface area contributed by atoms with E-state index < -0.39 is 75.3 Å². The number of azo groups is 1. The van der Waals surface area contributed by atoms with Crippen LogP contribution >= 0.6 is 0 Å². The molecule has 25 heteroatoms. The number of amides is 1. The summed E-state index contributed by atoms with van der Waals surface area (Å²) in [6.07, 6.45) is 0. The number of phenolic OH excluding ortho intramolecular Hbond substituents is 1. The molecule has 0 unspecified atom stereocenters. The maximum atomic E-state index is 12.8. The molecule has 0 aliphatic rings. The Hall–Kier alpha value is -1.55. The van der Waals surface area contributed by atoms with Gasteiger partial charge in [-0.25, -0.2) is 33.7 Å². The van der Waals surface area contributed by atoms with Gasteiger partial charge in [-0.3, -0.25) is 8.98 Å². The second-order valence-electron chi connectivity index (χ2n) is 9.61. The summed E-state index contributed by atoms with van der Waals surface area (Å²) in [6, 6.07) is 14.4. The molecule has 0 saturated carbocycles. The van der Waals surface area contributed by atoms with Crippen LogP contribution in [0, 0.1) is 0 Å². The van der Waals surface area contributed by atoms with Crippen molar-refractivity contribution in [1.29, 1.82) is 0 Å². The Balaban J connectivity index is 0.00000433. The molecule has 0 aromatic heterocycles. The second kappa shape index (κ2) is 19.2. The van der Waals surface area contributed by atoms with Crippen molar-refractivity contribution in [2.75, 3.05) is 28.9 Å². The quantitative estimate of drug-likeness (QED) is 0.0489. The standard InChI is InChI=1S/C26H24N4O14S4.3Na/c31-23-14-21(47(38,39)40)12-17-6-9-22(27-15-46(35,36)37)25(24(17)23)30-29-18-7-4-16(5-8-18)26(32)28-19-2-1-3-20(13-19)45(33,34)11-10-44-48(41,42)43;;;/h1-9,12-14,27,31H,10-11,15H2,(H,28,32)(H,35,36,37)(H,38,39,40)(H,41,42,43);;;/q;3*+1/p-3. The first kappa shape index (κ1) is 47.5. The van der Waals surface area contributed by atoms with E-state index in [0.717, 1.165) is 12.1 Å². The van der Waals surface area contributed by atoms with E-state index in [1.165, 1.54) is 54.6 Å². The summed E-state index contributed by atoms with van der Waals surface area (Å²) in [4.78, 5) is 11.8. The Morgan fingerprint density at radius 1 is 0.784 bits per heavy atom. The summed E-state index contributed by atoms with van der Waals surface area (Å²) in [6.45, 7) is -0.900. The number of hydrogen-bond acceptors (Lipinski definition) is 17. The number of sulfone groups is 1. The van der Waals surface area contributed by atoms with Gasteiger partial charge in [0.15, 0.2) is 9.84 Å². The predicted octanol–water partition coefficient (Wildman–Crippen LogP) is -6.71. The van der Waals surface area contributed by atoms with Crippen molar-refractivity contribution in [2.45, 2.75) is 9.79 Å². The first-order valence-corrected chi connectivity index (χ1v) is 18.9. The summed E-state index contributed by atoms with van der Waals surface area (Å²) in [7, 11) is -18.9. The Bertz CT molecular complexity index is 2380. The van der Waals surface area contributed by atoms with Gasteiger partial charge in [0.2, 0.25) is 10.4 Å². The molecule has 0 heterocycles. The number of anilines is 2. The van der Waals surface area contributed by atoms with Crippen molar-refractivity contribution in [1.82, 2.24) is 0 Å². The Labute approximate surface area is 358 Å². The van der Waals surface area contributed by atoms with Gasteiger partial charge in [-0.2, -0.15) is 5.11 Å². The zero-order valence-electron chi connectivity index (χ0n) is 26.8. The fourth-order valence-electron chi connectivity index (χ4n) is 4.08. The van der Waals surface area contributed by atoms with E-state index in [4.69, 9.17) is 0 Å². The molecule has 256 valence electrons. The molecule has 3 N–H and O–H groups in total.